The third kappa shape index (κ3) is 5.12. The number of hydrogen-bond acceptors (Lipinski definition) is 8. The Morgan fingerprint density at radius 2 is 1.95 bits per heavy atom. The maximum absolute atomic E-state index is 13.0. The van der Waals surface area contributed by atoms with Crippen molar-refractivity contribution in [1.82, 2.24) is 20.3 Å². The normalized spacial score (nSPS) is 19.5. The summed E-state index contributed by atoms with van der Waals surface area (Å²) < 4.78 is 22.6. The molecule has 198 valence electrons. The first kappa shape index (κ1) is 25.2. The first-order chi connectivity index (χ1) is 18.5. The Labute approximate surface area is 229 Å². The van der Waals surface area contributed by atoms with Gasteiger partial charge >= 0.3 is 0 Å². The zero-order valence-corrected chi connectivity index (χ0v) is 23.3. The van der Waals surface area contributed by atoms with Crippen molar-refractivity contribution >= 4 is 44.7 Å². The second kappa shape index (κ2) is 10.6. The van der Waals surface area contributed by atoms with E-state index in [4.69, 9.17) is 14.7 Å². The molecule has 1 saturated heterocycles. The van der Waals surface area contributed by atoms with Crippen LogP contribution in [0.2, 0.25) is 0 Å². The van der Waals surface area contributed by atoms with Crippen molar-refractivity contribution in [1.29, 1.82) is 0 Å². The molecular formula is C28H32N6O2S2. The molecule has 0 spiro atoms. The van der Waals surface area contributed by atoms with Gasteiger partial charge in [0.05, 0.1) is 21.1 Å². The summed E-state index contributed by atoms with van der Waals surface area (Å²) in [5, 5.41) is 9.66. The standard InChI is InChI=1S/C28H32N6O2S2/c1-18-31-26(25(37-18)23-12-16-30-27(33-23)32-19-7-5-15-29-17-19)36-24-11-10-22(20-8-3-4-9-21(20)24)34-38(35)28(2)13-6-14-28/h3-4,8-12,16,19,29,34H,5-7,13-15,17H2,1-2H3,(H,30,32,33). The molecule has 3 heterocycles. The highest BCUT2D eigenvalue weighted by atomic mass is 32.2. The second-order valence-corrected chi connectivity index (χ2v) is 13.2. The van der Waals surface area contributed by atoms with E-state index in [9.17, 15) is 4.21 Å². The van der Waals surface area contributed by atoms with Crippen LogP contribution in [-0.4, -0.2) is 43.0 Å². The van der Waals surface area contributed by atoms with Gasteiger partial charge in [-0.3, -0.25) is 0 Å². The summed E-state index contributed by atoms with van der Waals surface area (Å²) in [6.45, 7) is 6.03. The molecule has 0 bridgehead atoms. The fraction of sp³-hybridized carbons (Fsp3) is 0.393. The number of ether oxygens (including phenoxy) is 1. The number of hydrogen-bond donors (Lipinski definition) is 3. The van der Waals surface area contributed by atoms with Gasteiger partial charge in [0.25, 0.3) is 0 Å². The van der Waals surface area contributed by atoms with Crippen LogP contribution in [0.25, 0.3) is 21.3 Å². The van der Waals surface area contributed by atoms with Crippen molar-refractivity contribution in [3.05, 3.63) is 53.7 Å². The lowest BCUT2D eigenvalue weighted by Crippen LogP contribution is -2.41. The van der Waals surface area contributed by atoms with Crippen molar-refractivity contribution in [2.75, 3.05) is 23.1 Å². The molecule has 4 aromatic rings. The van der Waals surface area contributed by atoms with Crippen LogP contribution in [-0.2, 0) is 11.0 Å². The second-order valence-electron chi connectivity index (χ2n) is 10.3. The minimum Gasteiger partial charge on any atom is -0.437 e. The molecule has 2 unspecified atom stereocenters. The summed E-state index contributed by atoms with van der Waals surface area (Å²) in [6.07, 6.45) is 7.11. The number of benzene rings is 2. The van der Waals surface area contributed by atoms with Gasteiger partial charge in [0.1, 0.15) is 21.6 Å². The number of aryl methyl sites for hydroxylation is 1. The van der Waals surface area contributed by atoms with Gasteiger partial charge in [0, 0.05) is 29.6 Å². The van der Waals surface area contributed by atoms with Crippen LogP contribution in [0, 0.1) is 6.92 Å². The van der Waals surface area contributed by atoms with Gasteiger partial charge in [-0.1, -0.05) is 30.7 Å². The Kier molecular flexibility index (Phi) is 7.03. The maximum atomic E-state index is 13.0. The first-order valence-electron chi connectivity index (χ1n) is 13.1. The summed E-state index contributed by atoms with van der Waals surface area (Å²) in [5.41, 5.74) is 1.62. The van der Waals surface area contributed by atoms with Crippen LogP contribution in [0.4, 0.5) is 11.6 Å². The predicted molar refractivity (Wildman–Crippen MR) is 155 cm³/mol. The van der Waals surface area contributed by atoms with Crippen LogP contribution in [0.1, 0.15) is 44.0 Å². The topological polar surface area (TPSA) is 101 Å². The highest BCUT2D eigenvalue weighted by Crippen LogP contribution is 2.42. The Balaban J connectivity index is 1.28. The molecular weight excluding hydrogens is 516 g/mol. The van der Waals surface area contributed by atoms with E-state index >= 15 is 0 Å². The molecule has 2 aromatic heterocycles. The minimum absolute atomic E-state index is 0.165. The molecule has 1 aliphatic heterocycles. The van der Waals surface area contributed by atoms with Crippen LogP contribution in [0.3, 0.4) is 0 Å². The minimum atomic E-state index is -1.15. The summed E-state index contributed by atoms with van der Waals surface area (Å²) in [4.78, 5) is 14.8. The summed E-state index contributed by atoms with van der Waals surface area (Å²) in [5.74, 6) is 1.83. The molecule has 2 aromatic carbocycles. The lowest BCUT2D eigenvalue weighted by atomic mass is 9.86. The average molecular weight is 549 g/mol. The van der Waals surface area contributed by atoms with Crippen LogP contribution in [0.15, 0.2) is 48.7 Å². The fourth-order valence-electron chi connectivity index (χ4n) is 4.99. The molecule has 0 amide bonds. The molecule has 2 fully saturated rings. The first-order valence-corrected chi connectivity index (χ1v) is 15.1. The highest BCUT2D eigenvalue weighted by molar-refractivity contribution is 7.87. The number of nitrogens with zero attached hydrogens (tertiary/aromatic N) is 3. The predicted octanol–water partition coefficient (Wildman–Crippen LogP) is 6.04. The summed E-state index contributed by atoms with van der Waals surface area (Å²) in [6, 6.07) is 14.1. The lowest BCUT2D eigenvalue weighted by molar-refractivity contribution is 0.380. The van der Waals surface area contributed by atoms with Gasteiger partial charge < -0.3 is 20.1 Å². The molecule has 38 heavy (non-hydrogen) atoms. The highest BCUT2D eigenvalue weighted by Gasteiger charge is 2.38. The van der Waals surface area contributed by atoms with E-state index in [0.717, 1.165) is 77.2 Å². The fourth-order valence-corrected chi connectivity index (χ4v) is 7.09. The van der Waals surface area contributed by atoms with E-state index in [2.05, 4.69) is 27.3 Å². The van der Waals surface area contributed by atoms with Gasteiger partial charge in [0.2, 0.25) is 11.8 Å². The van der Waals surface area contributed by atoms with Gasteiger partial charge in [-0.05, 0) is 64.3 Å². The molecule has 0 radical (unpaired) electrons. The number of rotatable bonds is 8. The number of piperidine rings is 1. The number of anilines is 2. The van der Waals surface area contributed by atoms with Crippen molar-refractivity contribution in [2.24, 2.45) is 0 Å². The molecule has 1 saturated carbocycles. The lowest BCUT2D eigenvalue weighted by Gasteiger charge is -2.37. The van der Waals surface area contributed by atoms with Crippen LogP contribution >= 0.6 is 11.3 Å². The SMILES string of the molecule is Cc1nc(Oc2ccc(NS(=O)C3(C)CCC3)c3ccccc23)c(-c2ccnc(NC3CCCNC3)n2)s1. The van der Waals surface area contributed by atoms with Gasteiger partial charge in [-0.15, -0.1) is 11.3 Å². The largest absolute Gasteiger partial charge is 0.437 e. The maximum Gasteiger partial charge on any atom is 0.240 e. The van der Waals surface area contributed by atoms with Gasteiger partial charge in [-0.25, -0.2) is 19.2 Å². The number of aromatic nitrogens is 3. The average Bonchev–Trinajstić information content (AvgIpc) is 3.29. The van der Waals surface area contributed by atoms with Crippen molar-refractivity contribution < 1.29 is 8.95 Å². The number of fused-ring (bicyclic) bond motifs is 1. The molecule has 2 aliphatic rings. The number of thiazole rings is 1. The molecule has 1 aliphatic carbocycles. The Morgan fingerprint density at radius 1 is 1.11 bits per heavy atom. The quantitative estimate of drug-likeness (QED) is 0.247. The zero-order valence-electron chi connectivity index (χ0n) is 21.6. The van der Waals surface area contributed by atoms with E-state index in [-0.39, 0.29) is 4.75 Å². The monoisotopic (exact) mass is 548 g/mol. The van der Waals surface area contributed by atoms with E-state index in [0.29, 0.717) is 23.6 Å². The zero-order chi connectivity index (χ0) is 26.1. The Bertz CT molecular complexity index is 1480. The van der Waals surface area contributed by atoms with E-state index in [1.54, 1.807) is 17.5 Å². The van der Waals surface area contributed by atoms with Crippen LogP contribution < -0.4 is 20.1 Å². The molecule has 3 N–H and O–H groups in total. The molecule has 6 rings (SSSR count). The molecule has 8 nitrogen and oxygen atoms in total. The van der Waals surface area contributed by atoms with Crippen molar-refractivity contribution in [3.8, 4) is 22.2 Å². The number of nitrogens with one attached hydrogen (secondary N) is 3. The van der Waals surface area contributed by atoms with Gasteiger partial charge in [0.15, 0.2) is 0 Å². The van der Waals surface area contributed by atoms with E-state index in [1.807, 2.05) is 49.4 Å². The third-order valence-electron chi connectivity index (χ3n) is 7.37. The Morgan fingerprint density at radius 3 is 2.71 bits per heavy atom. The third-order valence-corrected chi connectivity index (χ3v) is 10.1. The summed E-state index contributed by atoms with van der Waals surface area (Å²) in [7, 11) is -1.15. The van der Waals surface area contributed by atoms with Crippen LogP contribution in [0.5, 0.6) is 11.6 Å². The van der Waals surface area contributed by atoms with Crippen molar-refractivity contribution in [2.45, 2.75) is 56.7 Å². The van der Waals surface area contributed by atoms with E-state index < -0.39 is 11.0 Å². The Hall–Kier alpha value is -3.08. The summed E-state index contributed by atoms with van der Waals surface area (Å²) >= 11 is 1.55. The molecule has 2 atom stereocenters. The van der Waals surface area contributed by atoms with Crippen molar-refractivity contribution in [3.63, 3.8) is 0 Å². The van der Waals surface area contributed by atoms with E-state index in [1.165, 1.54) is 0 Å². The molecule has 10 heteroatoms. The van der Waals surface area contributed by atoms with Gasteiger partial charge in [-0.2, -0.15) is 0 Å². The smallest absolute Gasteiger partial charge is 0.240 e.